The predicted molar refractivity (Wildman–Crippen MR) is 75.6 cm³/mol. The molecule has 6 nitrogen and oxygen atoms in total. The largest absolute Gasteiger partial charge is 0.395 e. The third-order valence-electron chi connectivity index (χ3n) is 4.41. The van der Waals surface area contributed by atoms with Crippen molar-refractivity contribution in [3.63, 3.8) is 0 Å². The number of nitrogens with zero attached hydrogens (tertiary/aromatic N) is 3. The van der Waals surface area contributed by atoms with Crippen LogP contribution >= 0.6 is 0 Å². The maximum absolute atomic E-state index is 12.2. The molecule has 0 atom stereocenters. The fraction of sp³-hybridized carbons (Fsp3) is 0.800. The van der Waals surface area contributed by atoms with Crippen molar-refractivity contribution in [2.75, 3.05) is 13.2 Å². The van der Waals surface area contributed by atoms with Crippen LogP contribution in [0, 0.1) is 0 Å². The van der Waals surface area contributed by atoms with E-state index >= 15 is 0 Å². The molecule has 1 N–H and O–H groups in total. The van der Waals surface area contributed by atoms with Gasteiger partial charge in [0, 0.05) is 31.3 Å². The van der Waals surface area contributed by atoms with Crippen molar-refractivity contribution >= 4 is 5.91 Å². The maximum Gasteiger partial charge on any atom is 0.227 e. The van der Waals surface area contributed by atoms with Crippen molar-refractivity contribution in [1.82, 2.24) is 15.0 Å². The van der Waals surface area contributed by atoms with Gasteiger partial charge in [0.05, 0.1) is 6.61 Å². The van der Waals surface area contributed by atoms with Crippen LogP contribution in [0.15, 0.2) is 4.52 Å². The number of rotatable bonds is 7. The number of aromatic nitrogens is 2. The molecule has 0 spiro atoms. The van der Waals surface area contributed by atoms with Crippen LogP contribution in [0.2, 0.25) is 0 Å². The maximum atomic E-state index is 12.2. The van der Waals surface area contributed by atoms with Crippen LogP contribution in [0.25, 0.3) is 0 Å². The third-order valence-corrected chi connectivity index (χ3v) is 4.41. The minimum atomic E-state index is 0.0224. The first-order chi connectivity index (χ1) is 10.3. The Bertz CT molecular complexity index is 478. The lowest BCUT2D eigenvalue weighted by atomic mass is 10.1. The number of hydrogen-bond acceptors (Lipinski definition) is 5. The number of carbonyl (C=O) groups is 1. The van der Waals surface area contributed by atoms with Crippen molar-refractivity contribution in [3.05, 3.63) is 11.7 Å². The Hall–Kier alpha value is -1.43. The molecule has 2 aliphatic rings. The Labute approximate surface area is 124 Å². The van der Waals surface area contributed by atoms with Gasteiger partial charge in [-0.25, -0.2) is 0 Å². The molecule has 2 aliphatic carbocycles. The van der Waals surface area contributed by atoms with Gasteiger partial charge >= 0.3 is 0 Å². The van der Waals surface area contributed by atoms with Gasteiger partial charge in [-0.3, -0.25) is 4.79 Å². The summed E-state index contributed by atoms with van der Waals surface area (Å²) in [5.41, 5.74) is 0. The molecule has 0 bridgehead atoms. The molecule has 1 amide bonds. The zero-order valence-corrected chi connectivity index (χ0v) is 12.3. The number of aliphatic hydroxyl groups excluding tert-OH is 1. The smallest absolute Gasteiger partial charge is 0.227 e. The fourth-order valence-corrected chi connectivity index (χ4v) is 3.08. The molecule has 2 fully saturated rings. The Balaban J connectivity index is 1.51. The van der Waals surface area contributed by atoms with E-state index in [2.05, 4.69) is 10.1 Å². The molecule has 2 saturated carbocycles. The van der Waals surface area contributed by atoms with Crippen LogP contribution in [0.1, 0.15) is 62.6 Å². The minimum absolute atomic E-state index is 0.0224. The summed E-state index contributed by atoms with van der Waals surface area (Å²) in [6.07, 6.45) is 7.75. The van der Waals surface area contributed by atoms with Gasteiger partial charge < -0.3 is 14.5 Å². The van der Waals surface area contributed by atoms with Gasteiger partial charge in [-0.05, 0) is 25.7 Å². The number of aliphatic hydroxyl groups is 1. The lowest BCUT2D eigenvalue weighted by molar-refractivity contribution is -0.132. The number of amides is 1. The first-order valence-corrected chi connectivity index (χ1v) is 8.00. The van der Waals surface area contributed by atoms with E-state index in [4.69, 9.17) is 9.63 Å². The number of hydrogen-bond donors (Lipinski definition) is 1. The predicted octanol–water partition coefficient (Wildman–Crippen LogP) is 1.64. The molecule has 3 rings (SSSR count). The molecule has 0 aliphatic heterocycles. The average Bonchev–Trinajstić information content (AvgIpc) is 3.00. The Morgan fingerprint density at radius 2 is 2.05 bits per heavy atom. The lowest BCUT2D eigenvalue weighted by Crippen LogP contribution is -2.35. The first kappa shape index (κ1) is 14.5. The van der Waals surface area contributed by atoms with Crippen molar-refractivity contribution in [2.45, 2.75) is 63.3 Å². The molecule has 0 aromatic carbocycles. The highest BCUT2D eigenvalue weighted by molar-refractivity contribution is 5.77. The summed E-state index contributed by atoms with van der Waals surface area (Å²) in [5.74, 6) is 1.89. The van der Waals surface area contributed by atoms with Gasteiger partial charge in [0.25, 0.3) is 0 Å². The summed E-state index contributed by atoms with van der Waals surface area (Å²) in [6.45, 7) is 0.454. The van der Waals surface area contributed by atoms with E-state index in [1.54, 1.807) is 4.90 Å². The van der Waals surface area contributed by atoms with E-state index in [0.29, 0.717) is 37.2 Å². The highest BCUT2D eigenvalue weighted by atomic mass is 16.5. The van der Waals surface area contributed by atoms with Crippen LogP contribution in [0.3, 0.4) is 0 Å². The van der Waals surface area contributed by atoms with Crippen molar-refractivity contribution < 1.29 is 14.4 Å². The van der Waals surface area contributed by atoms with Gasteiger partial charge in [-0.2, -0.15) is 4.98 Å². The Morgan fingerprint density at radius 3 is 2.71 bits per heavy atom. The van der Waals surface area contributed by atoms with E-state index < -0.39 is 0 Å². The summed E-state index contributed by atoms with van der Waals surface area (Å²) < 4.78 is 5.26. The van der Waals surface area contributed by atoms with Gasteiger partial charge in [0.2, 0.25) is 11.8 Å². The fourth-order valence-electron chi connectivity index (χ4n) is 3.08. The van der Waals surface area contributed by atoms with Crippen LogP contribution < -0.4 is 0 Å². The van der Waals surface area contributed by atoms with Gasteiger partial charge in [0.1, 0.15) is 0 Å². The molecular formula is C15H23N3O3. The third kappa shape index (κ3) is 3.61. The second-order valence-electron chi connectivity index (χ2n) is 6.07. The molecule has 1 heterocycles. The number of carbonyl (C=O) groups excluding carboxylic acids is 1. The van der Waals surface area contributed by atoms with Crippen molar-refractivity contribution in [2.24, 2.45) is 0 Å². The van der Waals surface area contributed by atoms with E-state index in [9.17, 15) is 4.79 Å². The van der Waals surface area contributed by atoms with Crippen molar-refractivity contribution in [3.8, 4) is 0 Å². The Kier molecular flexibility index (Phi) is 4.53. The second kappa shape index (κ2) is 6.56. The molecule has 6 heteroatoms. The van der Waals surface area contributed by atoms with Crippen LogP contribution in [0.5, 0.6) is 0 Å². The standard InChI is InChI=1S/C15H23N3O3/c19-10-9-18(12-5-6-12)14(20)8-7-13-16-15(17-21-13)11-3-1-2-4-11/h11-12,19H,1-10H2. The van der Waals surface area contributed by atoms with E-state index in [0.717, 1.165) is 31.5 Å². The molecule has 1 aromatic rings. The van der Waals surface area contributed by atoms with E-state index in [-0.39, 0.29) is 12.5 Å². The highest BCUT2D eigenvalue weighted by Crippen LogP contribution is 2.32. The summed E-state index contributed by atoms with van der Waals surface area (Å²) in [4.78, 5) is 18.4. The summed E-state index contributed by atoms with van der Waals surface area (Å²) in [7, 11) is 0. The van der Waals surface area contributed by atoms with Crippen LogP contribution in [-0.4, -0.2) is 45.2 Å². The first-order valence-electron chi connectivity index (χ1n) is 8.00. The lowest BCUT2D eigenvalue weighted by Gasteiger charge is -2.20. The van der Waals surface area contributed by atoms with Gasteiger partial charge in [-0.15, -0.1) is 0 Å². The molecular weight excluding hydrogens is 270 g/mol. The monoisotopic (exact) mass is 293 g/mol. The zero-order chi connectivity index (χ0) is 14.7. The molecule has 0 unspecified atom stereocenters. The minimum Gasteiger partial charge on any atom is -0.395 e. The average molecular weight is 293 g/mol. The van der Waals surface area contributed by atoms with Gasteiger partial charge in [0.15, 0.2) is 5.82 Å². The van der Waals surface area contributed by atoms with Gasteiger partial charge in [-0.1, -0.05) is 18.0 Å². The van der Waals surface area contributed by atoms with Crippen LogP contribution in [-0.2, 0) is 11.2 Å². The summed E-state index contributed by atoms with van der Waals surface area (Å²) in [6, 6.07) is 0.335. The zero-order valence-electron chi connectivity index (χ0n) is 12.3. The van der Waals surface area contributed by atoms with E-state index in [1.807, 2.05) is 0 Å². The molecule has 0 radical (unpaired) electrons. The molecule has 116 valence electrons. The second-order valence-corrected chi connectivity index (χ2v) is 6.07. The highest BCUT2D eigenvalue weighted by Gasteiger charge is 2.32. The summed E-state index contributed by atoms with van der Waals surface area (Å²) in [5, 5.41) is 13.1. The normalized spacial score (nSPS) is 19.1. The number of aryl methyl sites for hydroxylation is 1. The molecule has 0 saturated heterocycles. The summed E-state index contributed by atoms with van der Waals surface area (Å²) >= 11 is 0. The molecule has 1 aromatic heterocycles. The topological polar surface area (TPSA) is 79.5 Å². The van der Waals surface area contributed by atoms with Crippen molar-refractivity contribution in [1.29, 1.82) is 0 Å². The van der Waals surface area contributed by atoms with Crippen LogP contribution in [0.4, 0.5) is 0 Å². The molecule has 21 heavy (non-hydrogen) atoms. The SMILES string of the molecule is O=C(CCc1nc(C2CCCC2)no1)N(CCO)C1CC1. The quantitative estimate of drug-likeness (QED) is 0.826. The Morgan fingerprint density at radius 1 is 1.29 bits per heavy atom. The van der Waals surface area contributed by atoms with E-state index in [1.165, 1.54) is 12.8 Å².